The zero-order chi connectivity index (χ0) is 46.9. The second kappa shape index (κ2) is 46.8. The van der Waals surface area contributed by atoms with Crippen LogP contribution in [-0.2, 0) is 66.5 Å². The predicted octanol–water partition coefficient (Wildman–Crippen LogP) is 3.72. The van der Waals surface area contributed by atoms with Gasteiger partial charge in [0.05, 0.1) is 112 Å². The van der Waals surface area contributed by atoms with Crippen LogP contribution >= 0.6 is 0 Å². The Morgan fingerprint density at radius 1 is 0.438 bits per heavy atom. The van der Waals surface area contributed by atoms with Gasteiger partial charge in [-0.05, 0) is 35.9 Å². The fourth-order valence-corrected chi connectivity index (χ4v) is 5.10. The normalized spacial score (nSPS) is 11.8. The Morgan fingerprint density at radius 3 is 1.27 bits per heavy atom. The molecule has 0 bridgehead atoms. The lowest BCUT2D eigenvalue weighted by molar-refractivity contribution is -0.131. The van der Waals surface area contributed by atoms with Crippen LogP contribution in [0, 0.1) is 0 Å². The lowest BCUT2D eigenvalue weighted by Gasteiger charge is -2.34. The maximum Gasteiger partial charge on any atom is 0.222 e. The average molecular weight is 918 g/mol. The van der Waals surface area contributed by atoms with E-state index in [2.05, 4.69) is 40.7 Å². The van der Waals surface area contributed by atoms with Gasteiger partial charge in [0.15, 0.2) is 0 Å². The second-order valence-electron chi connectivity index (χ2n) is 13.8. The summed E-state index contributed by atoms with van der Waals surface area (Å²) < 4.78 is 55.8. The Balaban J connectivity index is 5.40. The van der Waals surface area contributed by atoms with Crippen LogP contribution in [0.2, 0.25) is 0 Å². The van der Waals surface area contributed by atoms with Crippen molar-refractivity contribution in [3.05, 3.63) is 31.3 Å². The van der Waals surface area contributed by atoms with Crippen LogP contribution < -0.4 is 10.6 Å². The third-order valence-corrected chi connectivity index (χ3v) is 8.26. The summed E-state index contributed by atoms with van der Waals surface area (Å²) in [6, 6.07) is 0. The fraction of sp³-hybridized carbons (Fsp3) is 0.897. The van der Waals surface area contributed by atoms with Crippen LogP contribution in [-0.4, -0.2) is 187 Å². The molecule has 2 N–H and O–H groups in total. The molecule has 0 aromatic rings. The van der Waals surface area contributed by atoms with Crippen LogP contribution in [0.5, 0.6) is 0 Å². The summed E-state index contributed by atoms with van der Waals surface area (Å²) in [6.45, 7) is 7.31. The molecule has 0 aliphatic carbocycles. The molecule has 0 aromatic heterocycles. The number of nitrogens with zero attached hydrogens (tertiary/aromatic N) is 9. The Hall–Kier alpha value is -4.19. The molecule has 25 nitrogen and oxygen atoms in total. The molecule has 0 atom stereocenters. The molecule has 0 fully saturated rings. The van der Waals surface area contributed by atoms with E-state index in [0.29, 0.717) is 65.7 Å². The van der Waals surface area contributed by atoms with Crippen molar-refractivity contribution in [1.82, 2.24) is 10.6 Å². The van der Waals surface area contributed by atoms with E-state index < -0.39 is 11.4 Å². The highest BCUT2D eigenvalue weighted by atomic mass is 16.6. The number of azide groups is 3. The number of carbonyl (C=O) groups excluding carboxylic acids is 4. The van der Waals surface area contributed by atoms with Gasteiger partial charge in [-0.2, -0.15) is 0 Å². The number of Topliss-reactive ketones (excluding diaryl/α,β-unsaturated/α-hetero) is 2. The van der Waals surface area contributed by atoms with Crippen molar-refractivity contribution in [2.24, 2.45) is 15.3 Å². The van der Waals surface area contributed by atoms with Gasteiger partial charge in [-0.25, -0.2) is 0 Å². The second-order valence-corrected chi connectivity index (χ2v) is 13.8. The number of hydrogen-bond donors (Lipinski definition) is 2. The monoisotopic (exact) mass is 918 g/mol. The highest BCUT2D eigenvalue weighted by Gasteiger charge is 2.34. The molecule has 0 aliphatic rings. The molecular weight excluding hydrogens is 846 g/mol. The first-order chi connectivity index (χ1) is 31.3. The molecule has 2 amide bonds. The number of amides is 2. The molecule has 0 unspecified atom stereocenters. The zero-order valence-electron chi connectivity index (χ0n) is 37.6. The van der Waals surface area contributed by atoms with Gasteiger partial charge in [-0.3, -0.25) is 19.2 Å². The van der Waals surface area contributed by atoms with Gasteiger partial charge in [0.25, 0.3) is 0 Å². The number of ketones is 2. The summed E-state index contributed by atoms with van der Waals surface area (Å²) in [5.41, 5.74) is 23.8. The third-order valence-electron chi connectivity index (χ3n) is 8.26. The van der Waals surface area contributed by atoms with Crippen LogP contribution in [0.1, 0.15) is 64.7 Å². The molecule has 0 aromatic carbocycles. The first-order valence-corrected chi connectivity index (χ1v) is 21.7. The van der Waals surface area contributed by atoms with Gasteiger partial charge in [-0.1, -0.05) is 22.3 Å². The summed E-state index contributed by atoms with van der Waals surface area (Å²) in [7, 11) is 0. The number of ether oxygens (including phenoxy) is 10. The van der Waals surface area contributed by atoms with Gasteiger partial charge >= 0.3 is 0 Å². The fourth-order valence-electron chi connectivity index (χ4n) is 5.10. The Kier molecular flexibility index (Phi) is 43.7. The summed E-state index contributed by atoms with van der Waals surface area (Å²) in [6.07, 6.45) is 2.59. The van der Waals surface area contributed by atoms with Crippen LogP contribution in [0.4, 0.5) is 0 Å². The van der Waals surface area contributed by atoms with E-state index in [0.717, 1.165) is 6.42 Å². The predicted molar refractivity (Wildman–Crippen MR) is 231 cm³/mol. The number of hydrogen-bond acceptors (Lipinski definition) is 17. The molecule has 64 heavy (non-hydrogen) atoms. The first kappa shape index (κ1) is 59.8. The van der Waals surface area contributed by atoms with Crippen LogP contribution in [0.25, 0.3) is 31.3 Å². The van der Waals surface area contributed by atoms with E-state index in [1.54, 1.807) is 0 Å². The lowest BCUT2D eigenvalue weighted by Crippen LogP contribution is -2.59. The highest BCUT2D eigenvalue weighted by Crippen LogP contribution is 2.12. The maximum atomic E-state index is 13.4. The van der Waals surface area contributed by atoms with Crippen LogP contribution in [0.3, 0.4) is 0 Å². The Morgan fingerprint density at radius 2 is 0.812 bits per heavy atom. The van der Waals surface area contributed by atoms with E-state index in [-0.39, 0.29) is 161 Å². The van der Waals surface area contributed by atoms with Crippen molar-refractivity contribution in [3.63, 3.8) is 0 Å². The molecular formula is C39H71N11O14. The summed E-state index contributed by atoms with van der Waals surface area (Å²) in [5, 5.41) is 15.8. The smallest absolute Gasteiger partial charge is 0.222 e. The minimum absolute atomic E-state index is 0.00657. The van der Waals surface area contributed by atoms with Gasteiger partial charge in [0.2, 0.25) is 11.8 Å². The highest BCUT2D eigenvalue weighted by molar-refractivity contribution is 5.79. The SMILES string of the molecule is CCCOCCOCCOCCOCCC(=O)NC(COCCC(=O)CCCOCCN=[N+]=[N-])(COCCC(=O)CCCOCCN=[N+]=[N-])COCCC(=O)NCCOCCN=[N+]=[N-]. The van der Waals surface area contributed by atoms with E-state index in [1.165, 1.54) is 0 Å². The van der Waals surface area contributed by atoms with Crippen molar-refractivity contribution in [2.75, 3.05) is 158 Å². The Labute approximate surface area is 375 Å². The standard InChI is InChI=1S/C39H71N11O14/c1-2-15-55-26-28-60-30-31-61-29-27-58-20-10-38(54)47-39(32-62-18-7-35(51)5-3-16-56-23-12-44-48-40,33-63-19-8-36(52)6-4-17-57-24-13-45-49-41)34-64-21-9-37(53)43-11-22-59-25-14-46-50-42/h2-34H2,1H3,(H,43,53)(H,47,54). The van der Waals surface area contributed by atoms with Crippen molar-refractivity contribution < 1.29 is 66.5 Å². The molecule has 366 valence electrons. The summed E-state index contributed by atoms with van der Waals surface area (Å²) >= 11 is 0. The quantitative estimate of drug-likeness (QED) is 0.0380. The lowest BCUT2D eigenvalue weighted by atomic mass is 10.0. The van der Waals surface area contributed by atoms with Gasteiger partial charge in [0.1, 0.15) is 17.1 Å². The molecule has 0 saturated heterocycles. The average Bonchev–Trinajstić information content (AvgIpc) is 3.28. The van der Waals surface area contributed by atoms with Crippen molar-refractivity contribution >= 4 is 23.4 Å². The molecule has 0 heterocycles. The van der Waals surface area contributed by atoms with Gasteiger partial charge in [-0.15, -0.1) is 0 Å². The number of carbonyl (C=O) groups is 4. The first-order valence-electron chi connectivity index (χ1n) is 21.7. The summed E-state index contributed by atoms with van der Waals surface area (Å²) in [4.78, 5) is 58.9. The zero-order valence-corrected chi connectivity index (χ0v) is 37.6. The minimum Gasteiger partial charge on any atom is -0.381 e. The number of nitrogens with one attached hydrogen (secondary N) is 2. The van der Waals surface area contributed by atoms with Crippen LogP contribution in [0.15, 0.2) is 15.3 Å². The molecule has 0 saturated carbocycles. The Bertz CT molecular complexity index is 1230. The largest absolute Gasteiger partial charge is 0.381 e. The summed E-state index contributed by atoms with van der Waals surface area (Å²) in [5.74, 6) is -0.816. The molecule has 0 aliphatic heterocycles. The van der Waals surface area contributed by atoms with E-state index in [9.17, 15) is 19.2 Å². The molecule has 0 radical (unpaired) electrons. The maximum absolute atomic E-state index is 13.4. The molecule has 0 spiro atoms. The van der Waals surface area contributed by atoms with E-state index in [4.69, 9.17) is 64.0 Å². The molecule has 25 heteroatoms. The van der Waals surface area contributed by atoms with Crippen molar-refractivity contribution in [2.45, 2.75) is 70.3 Å². The van der Waals surface area contributed by atoms with Crippen molar-refractivity contribution in [3.8, 4) is 0 Å². The molecule has 0 rings (SSSR count). The number of rotatable bonds is 50. The topological polar surface area (TPSA) is 331 Å². The third kappa shape index (κ3) is 41.8. The van der Waals surface area contributed by atoms with E-state index >= 15 is 0 Å². The minimum atomic E-state index is -1.29. The van der Waals surface area contributed by atoms with Crippen molar-refractivity contribution in [1.29, 1.82) is 0 Å². The van der Waals surface area contributed by atoms with E-state index in [1.807, 2.05) is 6.92 Å². The van der Waals surface area contributed by atoms with Gasteiger partial charge in [0, 0.05) is 99.3 Å². The van der Waals surface area contributed by atoms with Gasteiger partial charge < -0.3 is 58.0 Å².